The Balaban J connectivity index is 2.04. The maximum Gasteiger partial charge on any atom is 0.419 e. The highest BCUT2D eigenvalue weighted by molar-refractivity contribution is 6.43. The van der Waals surface area contributed by atoms with Crippen molar-refractivity contribution in [2.45, 2.75) is 44.6 Å². The Kier molecular flexibility index (Phi) is 2.71. The third-order valence-corrected chi connectivity index (χ3v) is 4.69. The number of fused-ring (bicyclic) bond motifs is 1. The molecule has 1 aliphatic heterocycles. The summed E-state index contributed by atoms with van der Waals surface area (Å²) >= 11 is 0. The summed E-state index contributed by atoms with van der Waals surface area (Å²) in [6.45, 7) is 8.57. The molecule has 1 aromatic carbocycles. The number of rotatable bonds is 1. The average molecular weight is 272 g/mol. The lowest BCUT2D eigenvalue weighted by atomic mass is 9.47. The summed E-state index contributed by atoms with van der Waals surface area (Å²) in [6, 6.07) is 5.71. The van der Waals surface area contributed by atoms with E-state index in [1.807, 2.05) is 18.2 Å². The highest BCUT2D eigenvalue weighted by Gasteiger charge is 2.48. The number of nitrogens with zero attached hydrogens (tertiary/aromatic N) is 1. The van der Waals surface area contributed by atoms with Gasteiger partial charge in [0.05, 0.1) is 17.1 Å². The number of hydrogen-bond donors (Lipinski definition) is 0. The van der Waals surface area contributed by atoms with Gasteiger partial charge >= 0.3 is 5.76 Å². The van der Waals surface area contributed by atoms with Gasteiger partial charge in [0.1, 0.15) is 0 Å². The standard InChI is InChI=1S/C15H19BNO3/c1-14(2)15(3,4)20-12(16-14)9-6-7-11-10(8-9)17(5)13(18)19-11/h6-8,12H,1-5H3. The van der Waals surface area contributed by atoms with Crippen LogP contribution in [-0.2, 0) is 11.8 Å². The summed E-state index contributed by atoms with van der Waals surface area (Å²) < 4.78 is 12.8. The molecule has 5 heteroatoms. The van der Waals surface area contributed by atoms with Crippen molar-refractivity contribution in [2.24, 2.45) is 7.05 Å². The maximum atomic E-state index is 11.5. The first-order valence-corrected chi connectivity index (χ1v) is 6.85. The predicted octanol–water partition coefficient (Wildman–Crippen LogP) is 2.84. The Morgan fingerprint density at radius 1 is 1.25 bits per heavy atom. The molecule has 0 amide bonds. The van der Waals surface area contributed by atoms with Crippen molar-refractivity contribution in [3.63, 3.8) is 0 Å². The Bertz CT molecular complexity index is 710. The van der Waals surface area contributed by atoms with Crippen molar-refractivity contribution in [3.05, 3.63) is 34.3 Å². The van der Waals surface area contributed by atoms with Crippen LogP contribution in [0.25, 0.3) is 11.1 Å². The van der Waals surface area contributed by atoms with Crippen molar-refractivity contribution in [3.8, 4) is 0 Å². The van der Waals surface area contributed by atoms with Gasteiger partial charge in [-0.3, -0.25) is 4.57 Å². The van der Waals surface area contributed by atoms with Crippen LogP contribution >= 0.6 is 0 Å². The SMILES string of the molecule is Cn1c(=O)oc2ccc(C3[B]C(C)(C)C(C)(C)O3)cc21. The lowest BCUT2D eigenvalue weighted by molar-refractivity contribution is -0.0342. The van der Waals surface area contributed by atoms with Gasteiger partial charge in [-0.05, 0) is 36.9 Å². The minimum Gasteiger partial charge on any atom is -0.408 e. The molecule has 0 saturated carbocycles. The minimum atomic E-state index is -0.339. The zero-order valence-electron chi connectivity index (χ0n) is 12.6. The van der Waals surface area contributed by atoms with Crippen molar-refractivity contribution in [1.29, 1.82) is 0 Å². The van der Waals surface area contributed by atoms with Gasteiger partial charge in [-0.2, -0.15) is 0 Å². The van der Waals surface area contributed by atoms with E-state index in [4.69, 9.17) is 9.15 Å². The van der Waals surface area contributed by atoms with Crippen LogP contribution in [0.15, 0.2) is 27.4 Å². The van der Waals surface area contributed by atoms with Crippen LogP contribution in [0.2, 0.25) is 5.31 Å². The predicted molar refractivity (Wildman–Crippen MR) is 79.2 cm³/mol. The number of benzene rings is 1. The first kappa shape index (κ1) is 13.5. The first-order valence-electron chi connectivity index (χ1n) is 6.85. The van der Waals surface area contributed by atoms with Crippen LogP contribution in [-0.4, -0.2) is 17.4 Å². The van der Waals surface area contributed by atoms with Crippen LogP contribution in [0.1, 0.15) is 39.3 Å². The Hall–Kier alpha value is -1.49. The summed E-state index contributed by atoms with van der Waals surface area (Å²) in [7, 11) is 3.94. The van der Waals surface area contributed by atoms with Gasteiger partial charge in [0.15, 0.2) is 12.9 Å². The summed E-state index contributed by atoms with van der Waals surface area (Å²) in [6.07, 6.45) is 0. The first-order chi connectivity index (χ1) is 9.21. The molecule has 3 rings (SSSR count). The third kappa shape index (κ3) is 1.84. The Labute approximate surface area is 119 Å². The molecule has 1 radical (unpaired) electrons. The fourth-order valence-electron chi connectivity index (χ4n) is 2.57. The molecule has 0 N–H and O–H groups in total. The molecular weight excluding hydrogens is 253 g/mol. The zero-order chi connectivity index (χ0) is 14.7. The summed E-state index contributed by atoms with van der Waals surface area (Å²) in [5, 5.41) is -0.00506. The highest BCUT2D eigenvalue weighted by atomic mass is 16.5. The molecule has 0 spiro atoms. The van der Waals surface area contributed by atoms with Crippen molar-refractivity contribution < 1.29 is 9.15 Å². The lowest BCUT2D eigenvalue weighted by Gasteiger charge is -2.33. The molecule has 1 unspecified atom stereocenters. The summed E-state index contributed by atoms with van der Waals surface area (Å²) in [5.74, 6) is -0.339. The van der Waals surface area contributed by atoms with E-state index in [9.17, 15) is 4.79 Å². The van der Waals surface area contributed by atoms with Crippen LogP contribution < -0.4 is 5.76 Å². The second-order valence-corrected chi connectivity index (χ2v) is 6.59. The van der Waals surface area contributed by atoms with Gasteiger partial charge in [-0.15, -0.1) is 0 Å². The van der Waals surface area contributed by atoms with Gasteiger partial charge in [0, 0.05) is 7.05 Å². The minimum absolute atomic E-state index is 0.00506. The van der Waals surface area contributed by atoms with Crippen LogP contribution in [0.4, 0.5) is 0 Å². The monoisotopic (exact) mass is 272 g/mol. The van der Waals surface area contributed by atoms with E-state index < -0.39 is 0 Å². The molecule has 105 valence electrons. The molecule has 2 aromatic rings. The average Bonchev–Trinajstić information content (AvgIpc) is 2.74. The molecule has 1 atom stereocenters. The molecule has 0 bridgehead atoms. The molecule has 20 heavy (non-hydrogen) atoms. The Morgan fingerprint density at radius 2 is 1.95 bits per heavy atom. The van der Waals surface area contributed by atoms with E-state index >= 15 is 0 Å². The van der Waals surface area contributed by atoms with E-state index in [-0.39, 0.29) is 22.7 Å². The van der Waals surface area contributed by atoms with E-state index in [0.29, 0.717) is 5.58 Å². The van der Waals surface area contributed by atoms with Crippen LogP contribution in [0, 0.1) is 0 Å². The largest absolute Gasteiger partial charge is 0.419 e. The number of oxazole rings is 1. The topological polar surface area (TPSA) is 44.4 Å². The van der Waals surface area contributed by atoms with Crippen molar-refractivity contribution in [2.75, 3.05) is 0 Å². The van der Waals surface area contributed by atoms with E-state index in [2.05, 4.69) is 35.0 Å². The Morgan fingerprint density at radius 3 is 2.55 bits per heavy atom. The molecule has 1 fully saturated rings. The van der Waals surface area contributed by atoms with E-state index in [1.54, 1.807) is 7.05 Å². The molecule has 1 aliphatic rings. The second kappa shape index (κ2) is 4.01. The van der Waals surface area contributed by atoms with Gasteiger partial charge in [0.2, 0.25) is 0 Å². The molecule has 1 aromatic heterocycles. The van der Waals surface area contributed by atoms with Gasteiger partial charge < -0.3 is 9.15 Å². The number of aryl methyl sites for hydroxylation is 1. The third-order valence-electron chi connectivity index (χ3n) is 4.69. The van der Waals surface area contributed by atoms with Gasteiger partial charge in [-0.25, -0.2) is 4.79 Å². The summed E-state index contributed by atoms with van der Waals surface area (Å²) in [4.78, 5) is 11.5. The van der Waals surface area contributed by atoms with E-state index in [0.717, 1.165) is 11.1 Å². The van der Waals surface area contributed by atoms with Gasteiger partial charge in [-0.1, -0.05) is 19.9 Å². The lowest BCUT2D eigenvalue weighted by Crippen LogP contribution is -2.31. The molecule has 2 heterocycles. The smallest absolute Gasteiger partial charge is 0.408 e. The molecule has 4 nitrogen and oxygen atoms in total. The highest BCUT2D eigenvalue weighted by Crippen LogP contribution is 2.51. The fraction of sp³-hybridized carbons (Fsp3) is 0.533. The van der Waals surface area contributed by atoms with Crippen molar-refractivity contribution in [1.82, 2.24) is 4.57 Å². The molecular formula is C15H19BNO3. The number of aromatic nitrogens is 1. The quantitative estimate of drug-likeness (QED) is 0.750. The molecule has 0 aliphatic carbocycles. The summed E-state index contributed by atoms with van der Waals surface area (Å²) in [5.41, 5.74) is 2.24. The van der Waals surface area contributed by atoms with Crippen molar-refractivity contribution >= 4 is 18.4 Å². The fourth-order valence-corrected chi connectivity index (χ4v) is 2.57. The normalized spacial score (nSPS) is 23.9. The zero-order valence-corrected chi connectivity index (χ0v) is 12.6. The van der Waals surface area contributed by atoms with Crippen LogP contribution in [0.3, 0.4) is 0 Å². The van der Waals surface area contributed by atoms with Gasteiger partial charge in [0.25, 0.3) is 0 Å². The number of hydrogen-bond acceptors (Lipinski definition) is 3. The maximum absolute atomic E-state index is 11.5. The number of ether oxygens (including phenoxy) is 1. The van der Waals surface area contributed by atoms with E-state index in [1.165, 1.54) is 4.57 Å². The molecule has 1 saturated heterocycles. The van der Waals surface area contributed by atoms with Crippen LogP contribution in [0.5, 0.6) is 0 Å². The second-order valence-electron chi connectivity index (χ2n) is 6.59.